The van der Waals surface area contributed by atoms with Crippen LogP contribution >= 0.6 is 0 Å². The summed E-state index contributed by atoms with van der Waals surface area (Å²) in [7, 11) is 1.78. The molecule has 0 heterocycles. The zero-order valence-corrected chi connectivity index (χ0v) is 13.1. The summed E-state index contributed by atoms with van der Waals surface area (Å²) in [6, 6.07) is 17.3. The van der Waals surface area contributed by atoms with E-state index < -0.39 is 0 Å². The smallest absolute Gasteiger partial charge is 0.246 e. The summed E-state index contributed by atoms with van der Waals surface area (Å²) >= 11 is 0. The average Bonchev–Trinajstić information content (AvgIpc) is 2.58. The molecular weight excluding hydrogens is 276 g/mol. The number of nitrogens with zero attached hydrogens (tertiary/aromatic N) is 1. The number of carbonyl (C=O) groups excluding carboxylic acids is 1. The molecule has 0 unspecified atom stereocenters. The van der Waals surface area contributed by atoms with Crippen molar-refractivity contribution in [3.8, 4) is 5.75 Å². The Balaban J connectivity index is 1.91. The van der Waals surface area contributed by atoms with Gasteiger partial charge >= 0.3 is 0 Å². The van der Waals surface area contributed by atoms with Crippen molar-refractivity contribution >= 4 is 17.3 Å². The van der Waals surface area contributed by atoms with Gasteiger partial charge in [0, 0.05) is 24.5 Å². The van der Waals surface area contributed by atoms with E-state index in [2.05, 4.69) is 12.2 Å². The molecule has 4 heteroatoms. The zero-order chi connectivity index (χ0) is 15.8. The molecule has 0 atom stereocenters. The first-order valence-corrected chi connectivity index (χ1v) is 7.49. The molecule has 0 fully saturated rings. The van der Waals surface area contributed by atoms with Gasteiger partial charge in [0.25, 0.3) is 0 Å². The van der Waals surface area contributed by atoms with Crippen LogP contribution in [0.25, 0.3) is 0 Å². The molecule has 0 aliphatic carbocycles. The topological polar surface area (TPSA) is 41.6 Å². The van der Waals surface area contributed by atoms with Crippen molar-refractivity contribution in [3.05, 3.63) is 54.6 Å². The molecule has 0 spiro atoms. The maximum absolute atomic E-state index is 12.2. The van der Waals surface area contributed by atoms with Gasteiger partial charge < -0.3 is 15.0 Å². The molecule has 1 N–H and O–H groups in total. The minimum atomic E-state index is 0.00563. The molecule has 0 saturated carbocycles. The van der Waals surface area contributed by atoms with Crippen molar-refractivity contribution in [1.82, 2.24) is 0 Å². The van der Waals surface area contributed by atoms with Gasteiger partial charge in [-0.1, -0.05) is 31.2 Å². The highest BCUT2D eigenvalue weighted by Crippen LogP contribution is 2.18. The number of hydrogen-bond acceptors (Lipinski definition) is 3. The van der Waals surface area contributed by atoms with Crippen molar-refractivity contribution in [2.45, 2.75) is 13.3 Å². The first kappa shape index (κ1) is 15.9. The van der Waals surface area contributed by atoms with Crippen LogP contribution in [-0.4, -0.2) is 26.1 Å². The van der Waals surface area contributed by atoms with Crippen LogP contribution in [-0.2, 0) is 4.79 Å². The highest BCUT2D eigenvalue weighted by molar-refractivity contribution is 5.95. The molecule has 1 amide bonds. The molecule has 4 nitrogen and oxygen atoms in total. The van der Waals surface area contributed by atoms with Gasteiger partial charge in [-0.3, -0.25) is 4.79 Å². The number of nitrogens with one attached hydrogen (secondary N) is 1. The molecule has 2 rings (SSSR count). The lowest BCUT2D eigenvalue weighted by atomic mass is 10.3. The molecule has 0 bridgehead atoms. The third kappa shape index (κ3) is 4.52. The van der Waals surface area contributed by atoms with Crippen LogP contribution in [0.1, 0.15) is 13.3 Å². The molecule has 0 saturated heterocycles. The van der Waals surface area contributed by atoms with Crippen LogP contribution in [0.3, 0.4) is 0 Å². The Labute approximate surface area is 131 Å². The Morgan fingerprint density at radius 3 is 2.64 bits per heavy atom. The SMILES string of the molecule is CCCOc1cccc(NCC(=O)N(C)c2ccccc2)c1. The second-order valence-electron chi connectivity index (χ2n) is 5.02. The van der Waals surface area contributed by atoms with Gasteiger partial charge in [0.05, 0.1) is 13.2 Å². The van der Waals surface area contributed by atoms with E-state index in [-0.39, 0.29) is 12.5 Å². The quantitative estimate of drug-likeness (QED) is 0.850. The number of rotatable bonds is 7. The summed E-state index contributed by atoms with van der Waals surface area (Å²) in [6.45, 7) is 3.00. The fourth-order valence-electron chi connectivity index (χ4n) is 2.01. The molecule has 116 valence electrons. The lowest BCUT2D eigenvalue weighted by Gasteiger charge is -2.18. The van der Waals surface area contributed by atoms with Crippen LogP contribution < -0.4 is 15.0 Å². The summed E-state index contributed by atoms with van der Waals surface area (Å²) in [4.78, 5) is 13.8. The maximum atomic E-state index is 12.2. The lowest BCUT2D eigenvalue weighted by Crippen LogP contribution is -2.32. The first-order chi connectivity index (χ1) is 10.7. The van der Waals surface area contributed by atoms with Crippen molar-refractivity contribution in [2.24, 2.45) is 0 Å². The normalized spacial score (nSPS) is 10.1. The van der Waals surface area contributed by atoms with E-state index in [1.807, 2.05) is 54.6 Å². The predicted octanol–water partition coefficient (Wildman–Crippen LogP) is 3.55. The van der Waals surface area contributed by atoms with Crippen molar-refractivity contribution < 1.29 is 9.53 Å². The van der Waals surface area contributed by atoms with E-state index in [0.717, 1.165) is 23.5 Å². The lowest BCUT2D eigenvalue weighted by molar-refractivity contribution is -0.116. The molecule has 0 aromatic heterocycles. The minimum Gasteiger partial charge on any atom is -0.494 e. The summed E-state index contributed by atoms with van der Waals surface area (Å²) < 4.78 is 5.58. The second-order valence-corrected chi connectivity index (χ2v) is 5.02. The fourth-order valence-corrected chi connectivity index (χ4v) is 2.01. The van der Waals surface area contributed by atoms with Gasteiger partial charge in [0.15, 0.2) is 0 Å². The number of amides is 1. The van der Waals surface area contributed by atoms with Gasteiger partial charge in [-0.25, -0.2) is 0 Å². The largest absolute Gasteiger partial charge is 0.494 e. The van der Waals surface area contributed by atoms with Crippen LogP contribution in [0.5, 0.6) is 5.75 Å². The number of ether oxygens (including phenoxy) is 1. The third-order valence-electron chi connectivity index (χ3n) is 3.27. The molecule has 0 aliphatic heterocycles. The number of carbonyl (C=O) groups is 1. The van der Waals surface area contributed by atoms with Crippen LogP contribution in [0.15, 0.2) is 54.6 Å². The summed E-state index contributed by atoms with van der Waals surface area (Å²) in [5.74, 6) is 0.821. The zero-order valence-electron chi connectivity index (χ0n) is 13.1. The second kappa shape index (κ2) is 8.08. The molecule has 0 radical (unpaired) electrons. The summed E-state index contributed by atoms with van der Waals surface area (Å²) in [5, 5.41) is 3.14. The monoisotopic (exact) mass is 298 g/mol. The van der Waals surface area contributed by atoms with E-state index in [0.29, 0.717) is 6.61 Å². The van der Waals surface area contributed by atoms with Gasteiger partial charge in [-0.15, -0.1) is 0 Å². The molecule has 2 aromatic rings. The Morgan fingerprint density at radius 2 is 1.91 bits per heavy atom. The highest BCUT2D eigenvalue weighted by atomic mass is 16.5. The highest BCUT2D eigenvalue weighted by Gasteiger charge is 2.10. The number of likely N-dealkylation sites (N-methyl/N-ethyl adjacent to an activating group) is 1. The molecule has 22 heavy (non-hydrogen) atoms. The molecule has 0 aliphatic rings. The minimum absolute atomic E-state index is 0.00563. The fraction of sp³-hybridized carbons (Fsp3) is 0.278. The Kier molecular flexibility index (Phi) is 5.83. The van der Waals surface area contributed by atoms with Crippen LogP contribution in [0.4, 0.5) is 11.4 Å². The first-order valence-electron chi connectivity index (χ1n) is 7.49. The summed E-state index contributed by atoms with van der Waals surface area (Å²) in [5.41, 5.74) is 1.76. The van der Waals surface area contributed by atoms with Crippen molar-refractivity contribution in [2.75, 3.05) is 30.4 Å². The Morgan fingerprint density at radius 1 is 1.14 bits per heavy atom. The van der Waals surface area contributed by atoms with E-state index in [1.165, 1.54) is 0 Å². The number of benzene rings is 2. The van der Waals surface area contributed by atoms with E-state index in [1.54, 1.807) is 11.9 Å². The number of para-hydroxylation sites is 1. The van der Waals surface area contributed by atoms with E-state index in [4.69, 9.17) is 4.74 Å². The summed E-state index contributed by atoms with van der Waals surface area (Å²) in [6.07, 6.45) is 0.970. The Bertz CT molecular complexity index is 599. The average molecular weight is 298 g/mol. The standard InChI is InChI=1S/C18H22N2O2/c1-3-12-22-17-11-7-8-15(13-17)19-14-18(21)20(2)16-9-5-4-6-10-16/h4-11,13,19H,3,12,14H2,1-2H3. The Hall–Kier alpha value is -2.49. The van der Waals surface area contributed by atoms with Gasteiger partial charge in [0.2, 0.25) is 5.91 Å². The van der Waals surface area contributed by atoms with Gasteiger partial charge in [0.1, 0.15) is 5.75 Å². The van der Waals surface area contributed by atoms with Crippen LogP contribution in [0, 0.1) is 0 Å². The van der Waals surface area contributed by atoms with Crippen molar-refractivity contribution in [3.63, 3.8) is 0 Å². The van der Waals surface area contributed by atoms with Gasteiger partial charge in [-0.05, 0) is 30.7 Å². The third-order valence-corrected chi connectivity index (χ3v) is 3.27. The van der Waals surface area contributed by atoms with Gasteiger partial charge in [-0.2, -0.15) is 0 Å². The van der Waals surface area contributed by atoms with E-state index >= 15 is 0 Å². The predicted molar refractivity (Wildman–Crippen MR) is 90.6 cm³/mol. The van der Waals surface area contributed by atoms with Crippen molar-refractivity contribution in [1.29, 1.82) is 0 Å². The van der Waals surface area contributed by atoms with E-state index in [9.17, 15) is 4.79 Å². The molecule has 2 aromatic carbocycles. The maximum Gasteiger partial charge on any atom is 0.246 e. The van der Waals surface area contributed by atoms with Crippen LogP contribution in [0.2, 0.25) is 0 Å². The molecular formula is C18H22N2O2. The number of hydrogen-bond donors (Lipinski definition) is 1. The number of anilines is 2.